The molecule has 1 aromatic carbocycles. The number of hydrogen-bond acceptors (Lipinski definition) is 5. The van der Waals surface area contributed by atoms with Crippen molar-refractivity contribution in [3.63, 3.8) is 0 Å². The van der Waals surface area contributed by atoms with Gasteiger partial charge in [-0.25, -0.2) is 4.98 Å². The number of nitrogen functional groups attached to an aromatic ring is 1. The lowest BCUT2D eigenvalue weighted by Crippen LogP contribution is -2.04. The Bertz CT molecular complexity index is 646. The Morgan fingerprint density at radius 2 is 2.16 bits per heavy atom. The molecule has 1 aromatic heterocycles. The average Bonchev–Trinajstić information content (AvgIpc) is 2.43. The predicted octanol–water partition coefficient (Wildman–Crippen LogP) is 2.59. The molecule has 0 spiro atoms. The lowest BCUT2D eigenvalue weighted by atomic mass is 10.2. The molecule has 0 radical (unpaired) electrons. The maximum Gasteiger partial charge on any atom is 0.227 e. The van der Waals surface area contributed by atoms with Gasteiger partial charge < -0.3 is 10.5 Å². The van der Waals surface area contributed by atoms with Crippen LogP contribution in [0.3, 0.4) is 0 Å². The highest BCUT2D eigenvalue weighted by Crippen LogP contribution is 2.26. The second kappa shape index (κ2) is 5.36. The van der Waals surface area contributed by atoms with Gasteiger partial charge in [0.05, 0.1) is 17.2 Å². The van der Waals surface area contributed by atoms with E-state index in [0.717, 1.165) is 0 Å². The Labute approximate surface area is 111 Å². The number of nitrogens with two attached hydrogens (primary N) is 1. The smallest absolute Gasteiger partial charge is 0.227 e. The Hall–Kier alpha value is -2.61. The predicted molar refractivity (Wildman–Crippen MR) is 71.8 cm³/mol. The van der Waals surface area contributed by atoms with Crippen LogP contribution in [0.5, 0.6) is 11.6 Å². The number of nitriles is 1. The van der Waals surface area contributed by atoms with Crippen molar-refractivity contribution in [3.8, 4) is 17.7 Å². The summed E-state index contributed by atoms with van der Waals surface area (Å²) < 4.78 is 5.69. The fourth-order valence-corrected chi connectivity index (χ4v) is 1.56. The molecular weight excluding hydrogens is 240 g/mol. The van der Waals surface area contributed by atoms with Crippen LogP contribution < -0.4 is 10.5 Å². The number of nitrogens with zero attached hydrogens (tertiary/aromatic N) is 3. The van der Waals surface area contributed by atoms with Gasteiger partial charge in [0.2, 0.25) is 5.88 Å². The zero-order valence-electron chi connectivity index (χ0n) is 10.8. The Balaban J connectivity index is 2.37. The van der Waals surface area contributed by atoms with Gasteiger partial charge in [0.1, 0.15) is 17.4 Å². The van der Waals surface area contributed by atoms with Crippen LogP contribution in [0.2, 0.25) is 0 Å². The summed E-state index contributed by atoms with van der Waals surface area (Å²) in [7, 11) is 0. The zero-order chi connectivity index (χ0) is 13.8. The molecule has 0 bridgehead atoms. The topological polar surface area (TPSA) is 84.8 Å². The van der Waals surface area contributed by atoms with Gasteiger partial charge in [-0.3, -0.25) is 0 Å². The maximum absolute atomic E-state index is 8.86. The third-order valence-corrected chi connectivity index (χ3v) is 2.68. The highest BCUT2D eigenvalue weighted by Gasteiger charge is 2.10. The molecule has 96 valence electrons. The van der Waals surface area contributed by atoms with Crippen LogP contribution in [0, 0.1) is 18.3 Å². The van der Waals surface area contributed by atoms with Crippen molar-refractivity contribution < 1.29 is 4.74 Å². The molecule has 0 fully saturated rings. The molecule has 5 nitrogen and oxygen atoms in total. The Morgan fingerprint density at radius 1 is 1.37 bits per heavy atom. The first-order valence-corrected chi connectivity index (χ1v) is 5.95. The number of aromatic nitrogens is 2. The van der Waals surface area contributed by atoms with Gasteiger partial charge in [-0.15, -0.1) is 0 Å². The van der Waals surface area contributed by atoms with Crippen LogP contribution in [-0.2, 0) is 6.42 Å². The van der Waals surface area contributed by atoms with E-state index in [1.54, 1.807) is 31.2 Å². The number of benzene rings is 1. The first-order valence-electron chi connectivity index (χ1n) is 5.95. The molecule has 19 heavy (non-hydrogen) atoms. The summed E-state index contributed by atoms with van der Waals surface area (Å²) >= 11 is 0. The molecule has 0 unspecified atom stereocenters. The van der Waals surface area contributed by atoms with Crippen LogP contribution in [0.25, 0.3) is 0 Å². The number of aryl methyl sites for hydroxylation is 1. The van der Waals surface area contributed by atoms with E-state index in [-0.39, 0.29) is 0 Å². The molecule has 0 aliphatic rings. The van der Waals surface area contributed by atoms with Crippen molar-refractivity contribution in [2.24, 2.45) is 0 Å². The van der Waals surface area contributed by atoms with Gasteiger partial charge in [-0.2, -0.15) is 10.2 Å². The van der Waals surface area contributed by atoms with E-state index in [1.165, 1.54) is 0 Å². The highest BCUT2D eigenvalue weighted by atomic mass is 16.5. The van der Waals surface area contributed by atoms with E-state index in [4.69, 9.17) is 15.7 Å². The molecule has 2 aromatic rings. The molecule has 0 amide bonds. The lowest BCUT2D eigenvalue weighted by molar-refractivity contribution is 0.455. The first-order chi connectivity index (χ1) is 9.13. The van der Waals surface area contributed by atoms with Crippen molar-refractivity contribution >= 4 is 5.82 Å². The quantitative estimate of drug-likeness (QED) is 0.909. The summed E-state index contributed by atoms with van der Waals surface area (Å²) in [6.07, 6.45) is 0.680. The molecule has 0 aliphatic carbocycles. The maximum atomic E-state index is 8.86. The van der Waals surface area contributed by atoms with Crippen molar-refractivity contribution in [2.75, 3.05) is 5.73 Å². The minimum absolute atomic E-state index is 0.415. The van der Waals surface area contributed by atoms with Gasteiger partial charge in [0.25, 0.3) is 0 Å². The minimum atomic E-state index is 0.415. The second-order valence-electron chi connectivity index (χ2n) is 4.05. The molecule has 0 aliphatic heterocycles. The largest absolute Gasteiger partial charge is 0.439 e. The van der Waals surface area contributed by atoms with Crippen molar-refractivity contribution in [1.29, 1.82) is 5.26 Å². The van der Waals surface area contributed by atoms with Gasteiger partial charge in [0, 0.05) is 6.42 Å². The molecule has 1 heterocycles. The summed E-state index contributed by atoms with van der Waals surface area (Å²) in [5.41, 5.74) is 7.05. The normalized spacial score (nSPS) is 9.95. The van der Waals surface area contributed by atoms with Crippen LogP contribution >= 0.6 is 0 Å². The van der Waals surface area contributed by atoms with E-state index in [0.29, 0.717) is 40.8 Å². The molecule has 5 heteroatoms. The molecule has 0 saturated carbocycles. The van der Waals surface area contributed by atoms with Gasteiger partial charge >= 0.3 is 0 Å². The Morgan fingerprint density at radius 3 is 2.84 bits per heavy atom. The summed E-state index contributed by atoms with van der Waals surface area (Å²) in [4.78, 5) is 8.47. The highest BCUT2D eigenvalue weighted by molar-refractivity contribution is 5.46. The van der Waals surface area contributed by atoms with Crippen LogP contribution in [-0.4, -0.2) is 9.97 Å². The molecule has 2 rings (SSSR count). The lowest BCUT2D eigenvalue weighted by Gasteiger charge is -2.10. The van der Waals surface area contributed by atoms with Crippen molar-refractivity contribution in [1.82, 2.24) is 9.97 Å². The summed E-state index contributed by atoms with van der Waals surface area (Å²) in [5.74, 6) is 2.04. The van der Waals surface area contributed by atoms with Crippen LogP contribution in [0.15, 0.2) is 24.3 Å². The van der Waals surface area contributed by atoms with Gasteiger partial charge in [0.15, 0.2) is 0 Å². The minimum Gasteiger partial charge on any atom is -0.439 e. The number of hydrogen-bond donors (Lipinski definition) is 1. The summed E-state index contributed by atoms with van der Waals surface area (Å²) in [6.45, 7) is 3.75. The summed E-state index contributed by atoms with van der Waals surface area (Å²) in [5, 5.41) is 8.86. The van der Waals surface area contributed by atoms with Crippen LogP contribution in [0.1, 0.15) is 23.9 Å². The van der Waals surface area contributed by atoms with E-state index in [1.807, 2.05) is 6.92 Å². The number of anilines is 1. The van der Waals surface area contributed by atoms with Gasteiger partial charge in [-0.1, -0.05) is 13.0 Å². The fourth-order valence-electron chi connectivity index (χ4n) is 1.56. The monoisotopic (exact) mass is 254 g/mol. The number of rotatable bonds is 3. The van der Waals surface area contributed by atoms with E-state index in [2.05, 4.69) is 16.0 Å². The van der Waals surface area contributed by atoms with Crippen molar-refractivity contribution in [3.05, 3.63) is 41.2 Å². The van der Waals surface area contributed by atoms with E-state index < -0.39 is 0 Å². The first kappa shape index (κ1) is 12.8. The van der Waals surface area contributed by atoms with E-state index in [9.17, 15) is 0 Å². The third kappa shape index (κ3) is 2.80. The third-order valence-electron chi connectivity index (χ3n) is 2.68. The van der Waals surface area contributed by atoms with E-state index >= 15 is 0 Å². The van der Waals surface area contributed by atoms with Crippen LogP contribution in [0.4, 0.5) is 5.82 Å². The zero-order valence-corrected chi connectivity index (χ0v) is 10.8. The number of ether oxygens (including phenoxy) is 1. The average molecular weight is 254 g/mol. The molecule has 0 atom stereocenters. The second-order valence-corrected chi connectivity index (χ2v) is 4.05. The summed E-state index contributed by atoms with van der Waals surface area (Å²) in [6, 6.07) is 8.96. The fraction of sp³-hybridized carbons (Fsp3) is 0.214. The molecule has 0 saturated heterocycles. The Kier molecular flexibility index (Phi) is 3.62. The standard InChI is InChI=1S/C14H14N4O/c1-3-12-17-13(16)9(2)14(18-12)19-11-6-4-5-10(7-11)8-15/h4-7H,3H2,1-2H3,(H2,16,17,18). The SMILES string of the molecule is CCc1nc(N)c(C)c(Oc2cccc(C#N)c2)n1. The van der Waals surface area contributed by atoms with Gasteiger partial charge in [-0.05, 0) is 25.1 Å². The molecular formula is C14H14N4O. The van der Waals surface area contributed by atoms with Crippen molar-refractivity contribution in [2.45, 2.75) is 20.3 Å². The molecule has 2 N–H and O–H groups in total.